The molecule has 0 saturated carbocycles. The van der Waals surface area contributed by atoms with Crippen LogP contribution in [0.5, 0.6) is 5.75 Å². The Hall–Kier alpha value is 0.150. The normalized spacial score (nSPS) is 11.0. The molecule has 0 fully saturated rings. The molecule has 0 amide bonds. The standard InChI is InChI=1S/C14H14Br4N2O/c1-3-11-13(18)12(20(4-2)19-11)7-21-14-9(16)5-8(15)6-10(14)17/h5-6H,3-4,7H2,1-2H3. The van der Waals surface area contributed by atoms with Crippen LogP contribution in [0.1, 0.15) is 25.2 Å². The lowest BCUT2D eigenvalue weighted by atomic mass is 10.3. The molecule has 0 aliphatic heterocycles. The first kappa shape index (κ1) is 17.5. The lowest BCUT2D eigenvalue weighted by Gasteiger charge is -2.12. The second-order valence-electron chi connectivity index (χ2n) is 4.36. The summed E-state index contributed by atoms with van der Waals surface area (Å²) in [6.07, 6.45) is 0.895. The molecule has 0 unspecified atom stereocenters. The van der Waals surface area contributed by atoms with E-state index < -0.39 is 0 Å². The highest BCUT2D eigenvalue weighted by Gasteiger charge is 2.16. The first-order chi connectivity index (χ1) is 9.97. The van der Waals surface area contributed by atoms with Gasteiger partial charge in [-0.15, -0.1) is 0 Å². The number of ether oxygens (including phenoxy) is 1. The molecule has 3 nitrogen and oxygen atoms in total. The van der Waals surface area contributed by atoms with Gasteiger partial charge in [-0.25, -0.2) is 0 Å². The van der Waals surface area contributed by atoms with Crippen molar-refractivity contribution in [3.8, 4) is 5.75 Å². The minimum atomic E-state index is 0.459. The van der Waals surface area contributed by atoms with Crippen molar-refractivity contribution >= 4 is 63.7 Å². The lowest BCUT2D eigenvalue weighted by Crippen LogP contribution is -2.07. The van der Waals surface area contributed by atoms with Crippen LogP contribution >= 0.6 is 63.7 Å². The summed E-state index contributed by atoms with van der Waals surface area (Å²) in [6.45, 7) is 5.45. The summed E-state index contributed by atoms with van der Waals surface area (Å²) < 4.78 is 11.8. The summed E-state index contributed by atoms with van der Waals surface area (Å²) >= 11 is 14.1. The second kappa shape index (κ2) is 7.62. The van der Waals surface area contributed by atoms with E-state index in [1.165, 1.54) is 0 Å². The minimum absolute atomic E-state index is 0.459. The lowest BCUT2D eigenvalue weighted by molar-refractivity contribution is 0.288. The highest BCUT2D eigenvalue weighted by molar-refractivity contribution is 9.11. The Balaban J connectivity index is 2.26. The van der Waals surface area contributed by atoms with E-state index >= 15 is 0 Å². The average molecular weight is 546 g/mol. The molecule has 7 heteroatoms. The molecule has 0 bridgehead atoms. The number of aromatic nitrogens is 2. The molecule has 0 N–H and O–H groups in total. The maximum atomic E-state index is 5.98. The summed E-state index contributed by atoms with van der Waals surface area (Å²) in [4.78, 5) is 0. The Morgan fingerprint density at radius 1 is 1.10 bits per heavy atom. The van der Waals surface area contributed by atoms with Gasteiger partial charge in [0.1, 0.15) is 12.4 Å². The third-order valence-corrected chi connectivity index (χ3v) is 5.56. The minimum Gasteiger partial charge on any atom is -0.485 e. The van der Waals surface area contributed by atoms with Gasteiger partial charge < -0.3 is 4.74 Å². The third kappa shape index (κ3) is 3.92. The predicted octanol–water partition coefficient (Wildman–Crippen LogP) is 6.09. The van der Waals surface area contributed by atoms with Crippen molar-refractivity contribution in [1.29, 1.82) is 0 Å². The number of halogens is 4. The topological polar surface area (TPSA) is 27.1 Å². The fourth-order valence-corrected chi connectivity index (χ4v) is 5.13. The molecule has 0 atom stereocenters. The largest absolute Gasteiger partial charge is 0.485 e. The Kier molecular flexibility index (Phi) is 6.35. The maximum absolute atomic E-state index is 5.98. The predicted molar refractivity (Wildman–Crippen MR) is 98.9 cm³/mol. The zero-order valence-corrected chi connectivity index (χ0v) is 17.9. The highest BCUT2D eigenvalue weighted by atomic mass is 79.9. The Morgan fingerprint density at radius 2 is 1.71 bits per heavy atom. The third-order valence-electron chi connectivity index (χ3n) is 3.01. The van der Waals surface area contributed by atoms with Crippen LogP contribution in [0.4, 0.5) is 0 Å². The van der Waals surface area contributed by atoms with Crippen LogP contribution in [0.25, 0.3) is 0 Å². The molecule has 2 rings (SSSR count). The summed E-state index contributed by atoms with van der Waals surface area (Å²) in [5, 5.41) is 4.58. The van der Waals surface area contributed by atoms with Crippen LogP contribution in [0, 0.1) is 0 Å². The average Bonchev–Trinajstić information content (AvgIpc) is 2.73. The fraction of sp³-hybridized carbons (Fsp3) is 0.357. The molecule has 0 spiro atoms. The molecule has 2 aromatic rings. The van der Waals surface area contributed by atoms with Gasteiger partial charge in [-0.2, -0.15) is 5.10 Å². The molecule has 1 aromatic heterocycles. The van der Waals surface area contributed by atoms with Crippen molar-refractivity contribution in [3.63, 3.8) is 0 Å². The number of hydrogen-bond acceptors (Lipinski definition) is 2. The monoisotopic (exact) mass is 542 g/mol. The van der Waals surface area contributed by atoms with Crippen molar-refractivity contribution in [2.75, 3.05) is 0 Å². The Labute approximate surface area is 158 Å². The molecule has 0 radical (unpaired) electrons. The van der Waals surface area contributed by atoms with Gasteiger partial charge in [0.05, 0.1) is 24.8 Å². The fourth-order valence-electron chi connectivity index (χ4n) is 1.96. The SMILES string of the molecule is CCc1nn(CC)c(COc2c(Br)cc(Br)cc2Br)c1Br. The summed E-state index contributed by atoms with van der Waals surface area (Å²) in [5.41, 5.74) is 2.11. The van der Waals surface area contributed by atoms with E-state index in [-0.39, 0.29) is 0 Å². The van der Waals surface area contributed by atoms with E-state index in [0.29, 0.717) is 6.61 Å². The van der Waals surface area contributed by atoms with Gasteiger partial charge in [-0.05, 0) is 73.3 Å². The molecule has 1 heterocycles. The van der Waals surface area contributed by atoms with Gasteiger partial charge in [-0.3, -0.25) is 4.68 Å². The number of nitrogens with zero attached hydrogens (tertiary/aromatic N) is 2. The van der Waals surface area contributed by atoms with Crippen LogP contribution in [0.15, 0.2) is 30.0 Å². The number of rotatable bonds is 5. The summed E-state index contributed by atoms with van der Waals surface area (Å²) in [5.74, 6) is 0.784. The Morgan fingerprint density at radius 3 is 2.24 bits per heavy atom. The summed E-state index contributed by atoms with van der Waals surface area (Å²) in [7, 11) is 0. The molecular weight excluding hydrogens is 532 g/mol. The van der Waals surface area contributed by atoms with Crippen LogP contribution in [-0.2, 0) is 19.6 Å². The smallest absolute Gasteiger partial charge is 0.148 e. The van der Waals surface area contributed by atoms with Crippen LogP contribution in [0.2, 0.25) is 0 Å². The van der Waals surface area contributed by atoms with Crippen molar-refractivity contribution < 1.29 is 4.74 Å². The number of hydrogen-bond donors (Lipinski definition) is 0. The molecule has 21 heavy (non-hydrogen) atoms. The molecule has 0 aliphatic rings. The van der Waals surface area contributed by atoms with Crippen molar-refractivity contribution in [3.05, 3.63) is 41.4 Å². The van der Waals surface area contributed by atoms with E-state index in [1.54, 1.807) is 0 Å². The van der Waals surface area contributed by atoms with E-state index in [4.69, 9.17) is 4.74 Å². The number of aryl methyl sites for hydroxylation is 2. The van der Waals surface area contributed by atoms with Gasteiger partial charge in [0.2, 0.25) is 0 Å². The molecule has 114 valence electrons. The molecule has 0 aliphatic carbocycles. The van der Waals surface area contributed by atoms with Gasteiger partial charge in [0.25, 0.3) is 0 Å². The van der Waals surface area contributed by atoms with E-state index in [9.17, 15) is 0 Å². The maximum Gasteiger partial charge on any atom is 0.148 e. The first-order valence-electron chi connectivity index (χ1n) is 6.49. The van der Waals surface area contributed by atoms with E-state index in [0.717, 1.165) is 48.0 Å². The molecule has 0 saturated heterocycles. The molecular formula is C14H14Br4N2O. The van der Waals surface area contributed by atoms with Gasteiger partial charge in [-0.1, -0.05) is 22.9 Å². The second-order valence-corrected chi connectivity index (χ2v) is 7.78. The van der Waals surface area contributed by atoms with Gasteiger partial charge >= 0.3 is 0 Å². The van der Waals surface area contributed by atoms with Gasteiger partial charge in [0.15, 0.2) is 0 Å². The zero-order chi connectivity index (χ0) is 15.6. The van der Waals surface area contributed by atoms with Crippen molar-refractivity contribution in [2.45, 2.75) is 33.4 Å². The molecule has 1 aromatic carbocycles. The van der Waals surface area contributed by atoms with Crippen LogP contribution in [0.3, 0.4) is 0 Å². The summed E-state index contributed by atoms with van der Waals surface area (Å²) in [6, 6.07) is 3.92. The Bertz CT molecular complexity index is 632. The van der Waals surface area contributed by atoms with Gasteiger partial charge in [0, 0.05) is 11.0 Å². The zero-order valence-electron chi connectivity index (χ0n) is 11.6. The van der Waals surface area contributed by atoms with Crippen LogP contribution in [-0.4, -0.2) is 9.78 Å². The quantitative estimate of drug-likeness (QED) is 0.454. The first-order valence-corrected chi connectivity index (χ1v) is 9.66. The van der Waals surface area contributed by atoms with E-state index in [1.807, 2.05) is 16.8 Å². The van der Waals surface area contributed by atoms with Crippen molar-refractivity contribution in [1.82, 2.24) is 9.78 Å². The van der Waals surface area contributed by atoms with E-state index in [2.05, 4.69) is 82.7 Å². The van der Waals surface area contributed by atoms with Crippen molar-refractivity contribution in [2.24, 2.45) is 0 Å². The number of benzene rings is 1. The highest BCUT2D eigenvalue weighted by Crippen LogP contribution is 2.37. The van der Waals surface area contributed by atoms with Crippen LogP contribution < -0.4 is 4.74 Å².